The molecule has 0 bridgehead atoms. The monoisotopic (exact) mass is 555 g/mol. The van der Waals surface area contributed by atoms with Crippen molar-refractivity contribution in [1.29, 1.82) is 5.26 Å². The normalized spacial score (nSPS) is 25.6. The first kappa shape index (κ1) is 26.0. The van der Waals surface area contributed by atoms with Gasteiger partial charge >= 0.3 is 0 Å². The number of halogens is 1. The van der Waals surface area contributed by atoms with E-state index in [-0.39, 0.29) is 35.8 Å². The van der Waals surface area contributed by atoms with Crippen LogP contribution in [0.1, 0.15) is 19.4 Å². The Morgan fingerprint density at radius 3 is 2.63 bits per heavy atom. The molecule has 1 aromatic carbocycles. The first-order valence-electron chi connectivity index (χ1n) is 13.7. The Hall–Kier alpha value is -3.95. The number of piperazine rings is 1. The van der Waals surface area contributed by atoms with Crippen LogP contribution < -0.4 is 4.90 Å². The molecule has 0 aliphatic carbocycles. The van der Waals surface area contributed by atoms with Crippen molar-refractivity contribution < 1.29 is 18.6 Å². The number of methoxy groups -OCH3 is 1. The predicted octanol–water partition coefficient (Wildman–Crippen LogP) is 3.53. The molecule has 3 aromatic heterocycles. The Balaban J connectivity index is 1.29. The molecule has 2 unspecified atom stereocenters. The maximum Gasteiger partial charge on any atom is 0.151 e. The molecule has 11 heteroatoms. The minimum Gasteiger partial charge on any atom is -0.375 e. The van der Waals surface area contributed by atoms with Crippen molar-refractivity contribution in [3.8, 4) is 23.0 Å². The fourth-order valence-electron chi connectivity index (χ4n) is 6.19. The van der Waals surface area contributed by atoms with Crippen LogP contribution in [0.4, 0.5) is 10.2 Å². The summed E-state index contributed by atoms with van der Waals surface area (Å²) in [6, 6.07) is 12.5. The second kappa shape index (κ2) is 9.85. The van der Waals surface area contributed by atoms with Gasteiger partial charge in [0.15, 0.2) is 5.65 Å². The van der Waals surface area contributed by atoms with Gasteiger partial charge in [0.25, 0.3) is 0 Å². The van der Waals surface area contributed by atoms with Gasteiger partial charge in [-0.2, -0.15) is 5.26 Å². The Kier molecular flexibility index (Phi) is 6.24. The Labute approximate surface area is 236 Å². The van der Waals surface area contributed by atoms with Crippen molar-refractivity contribution in [2.45, 2.75) is 43.9 Å². The number of hydrogen-bond acceptors (Lipinski definition) is 9. The van der Waals surface area contributed by atoms with E-state index in [1.165, 1.54) is 12.4 Å². The lowest BCUT2D eigenvalue weighted by Crippen LogP contribution is -2.61. The van der Waals surface area contributed by atoms with Gasteiger partial charge in [0.05, 0.1) is 30.2 Å². The number of epoxide rings is 1. The number of ether oxygens (including phenoxy) is 3. The number of hydrogen-bond donors (Lipinski definition) is 0. The Morgan fingerprint density at radius 1 is 1.07 bits per heavy atom. The minimum absolute atomic E-state index is 0.00780. The molecule has 41 heavy (non-hydrogen) atoms. The molecule has 0 spiro atoms. The zero-order valence-corrected chi connectivity index (χ0v) is 23.1. The SMILES string of the molecule is COC1(C2OC2N2C[C@H](C)N(c3ncnc4c3c(-c3ccccc3F)cn4-c3cc(C#N)ccn3)C[C@H]2C)COC1. The maximum atomic E-state index is 15.2. The molecule has 7 rings (SSSR count). The number of nitriles is 1. The molecule has 6 heterocycles. The fourth-order valence-corrected chi connectivity index (χ4v) is 6.19. The average Bonchev–Trinajstić information content (AvgIpc) is 3.66. The van der Waals surface area contributed by atoms with E-state index in [0.717, 1.165) is 17.7 Å². The highest BCUT2D eigenvalue weighted by Crippen LogP contribution is 2.44. The maximum absolute atomic E-state index is 15.2. The number of rotatable bonds is 6. The van der Waals surface area contributed by atoms with Gasteiger partial charge in [-0.25, -0.2) is 19.3 Å². The summed E-state index contributed by atoms with van der Waals surface area (Å²) in [5.41, 5.74) is 1.82. The van der Waals surface area contributed by atoms with Gasteiger partial charge in [0.2, 0.25) is 0 Å². The minimum atomic E-state index is -0.363. The molecule has 4 aromatic rings. The highest BCUT2D eigenvalue weighted by Gasteiger charge is 2.62. The average molecular weight is 556 g/mol. The number of fused-ring (bicyclic) bond motifs is 1. The second-order valence-electron chi connectivity index (χ2n) is 11.1. The molecule has 210 valence electrons. The van der Waals surface area contributed by atoms with Gasteiger partial charge < -0.3 is 19.1 Å². The van der Waals surface area contributed by atoms with Crippen LogP contribution in [0.25, 0.3) is 28.0 Å². The van der Waals surface area contributed by atoms with Gasteiger partial charge in [-0.3, -0.25) is 9.47 Å². The summed E-state index contributed by atoms with van der Waals surface area (Å²) >= 11 is 0. The van der Waals surface area contributed by atoms with Crippen LogP contribution in [0, 0.1) is 17.1 Å². The van der Waals surface area contributed by atoms with Crippen LogP contribution in [-0.4, -0.2) is 87.8 Å². The Morgan fingerprint density at radius 2 is 1.90 bits per heavy atom. The summed E-state index contributed by atoms with van der Waals surface area (Å²) in [6.45, 7) is 6.91. The standard InChI is InChI=1S/C30H30FN7O3/c1-18-13-37(29-26(41-29)30(39-3)15-40-16-30)19(2)12-36(18)27-25-22(21-6-4-5-7-23(21)31)14-38(28(25)35-17-34-27)24-10-20(11-32)8-9-33-24/h4-10,14,17-19,26,29H,12-13,15-16H2,1-3H3/t18-,19+,26?,29?/m0/s1. The molecule has 3 aliphatic rings. The van der Waals surface area contributed by atoms with Crippen molar-refractivity contribution in [3.05, 3.63) is 66.5 Å². The molecule has 3 saturated heterocycles. The number of nitrogens with zero attached hydrogens (tertiary/aromatic N) is 7. The number of anilines is 1. The summed E-state index contributed by atoms with van der Waals surface area (Å²) in [6.07, 6.45) is 4.94. The molecule has 4 atom stereocenters. The molecule has 0 saturated carbocycles. The van der Waals surface area contributed by atoms with E-state index in [4.69, 9.17) is 19.2 Å². The topological polar surface area (TPSA) is 105 Å². The third-order valence-corrected chi connectivity index (χ3v) is 8.57. The van der Waals surface area contributed by atoms with Crippen molar-refractivity contribution in [2.75, 3.05) is 38.3 Å². The van der Waals surface area contributed by atoms with Crippen LogP contribution in [0.5, 0.6) is 0 Å². The van der Waals surface area contributed by atoms with E-state index < -0.39 is 0 Å². The molecular weight excluding hydrogens is 525 g/mol. The predicted molar refractivity (Wildman–Crippen MR) is 149 cm³/mol. The van der Waals surface area contributed by atoms with Gasteiger partial charge in [0.1, 0.15) is 41.7 Å². The summed E-state index contributed by atoms with van der Waals surface area (Å²) in [7, 11) is 1.72. The van der Waals surface area contributed by atoms with Gasteiger partial charge in [-0.1, -0.05) is 18.2 Å². The van der Waals surface area contributed by atoms with E-state index in [0.29, 0.717) is 47.9 Å². The second-order valence-corrected chi connectivity index (χ2v) is 11.1. The lowest BCUT2D eigenvalue weighted by atomic mass is 9.95. The summed E-state index contributed by atoms with van der Waals surface area (Å²) in [5, 5.41) is 10.2. The van der Waals surface area contributed by atoms with Gasteiger partial charge in [-0.15, -0.1) is 0 Å². The summed E-state index contributed by atoms with van der Waals surface area (Å²) in [4.78, 5) is 18.6. The molecule has 0 N–H and O–H groups in total. The third-order valence-electron chi connectivity index (χ3n) is 8.57. The molecular formula is C30H30FN7O3. The highest BCUT2D eigenvalue weighted by atomic mass is 19.1. The van der Waals surface area contributed by atoms with Crippen LogP contribution in [-0.2, 0) is 14.2 Å². The molecule has 0 radical (unpaired) electrons. The zero-order valence-electron chi connectivity index (χ0n) is 23.1. The van der Waals surface area contributed by atoms with E-state index in [2.05, 4.69) is 39.7 Å². The van der Waals surface area contributed by atoms with E-state index in [9.17, 15) is 5.26 Å². The molecule has 3 fully saturated rings. The first-order chi connectivity index (χ1) is 19.9. The van der Waals surface area contributed by atoms with Crippen LogP contribution >= 0.6 is 0 Å². The lowest BCUT2D eigenvalue weighted by Gasteiger charge is -2.45. The van der Waals surface area contributed by atoms with Crippen molar-refractivity contribution in [1.82, 2.24) is 24.4 Å². The number of aromatic nitrogens is 4. The largest absolute Gasteiger partial charge is 0.375 e. The van der Waals surface area contributed by atoms with Crippen molar-refractivity contribution in [3.63, 3.8) is 0 Å². The molecule has 0 amide bonds. The van der Waals surface area contributed by atoms with Crippen LogP contribution in [0.15, 0.2) is 55.1 Å². The number of pyridine rings is 1. The first-order valence-corrected chi connectivity index (χ1v) is 13.7. The van der Waals surface area contributed by atoms with Crippen LogP contribution in [0.2, 0.25) is 0 Å². The van der Waals surface area contributed by atoms with E-state index in [1.54, 1.807) is 42.1 Å². The van der Waals surface area contributed by atoms with Gasteiger partial charge in [-0.05, 0) is 32.0 Å². The number of benzene rings is 1. The molecule has 10 nitrogen and oxygen atoms in total. The lowest BCUT2D eigenvalue weighted by molar-refractivity contribution is -0.205. The highest BCUT2D eigenvalue weighted by molar-refractivity contribution is 6.02. The summed E-state index contributed by atoms with van der Waals surface area (Å²) < 4.78 is 34.4. The van der Waals surface area contributed by atoms with Crippen molar-refractivity contribution >= 4 is 16.9 Å². The van der Waals surface area contributed by atoms with Crippen LogP contribution in [0.3, 0.4) is 0 Å². The summed E-state index contributed by atoms with van der Waals surface area (Å²) in [5.74, 6) is 0.920. The van der Waals surface area contributed by atoms with E-state index >= 15 is 4.39 Å². The quantitative estimate of drug-likeness (QED) is 0.331. The fraction of sp³-hybridized carbons (Fsp3) is 0.400. The Bertz CT molecular complexity index is 1660. The van der Waals surface area contributed by atoms with Crippen molar-refractivity contribution in [2.24, 2.45) is 0 Å². The molecule has 3 aliphatic heterocycles. The van der Waals surface area contributed by atoms with Gasteiger partial charge in [0, 0.05) is 55.8 Å². The zero-order chi connectivity index (χ0) is 28.3. The smallest absolute Gasteiger partial charge is 0.151 e. The van der Waals surface area contributed by atoms with E-state index in [1.807, 2.05) is 12.3 Å². The third kappa shape index (κ3) is 4.18.